The van der Waals surface area contributed by atoms with Crippen LogP contribution in [0.3, 0.4) is 0 Å². The first kappa shape index (κ1) is 21.0. The molecule has 0 aliphatic carbocycles. The molecule has 2 N–H and O–H groups in total. The lowest BCUT2D eigenvalue weighted by molar-refractivity contribution is -0.134. The Hall–Kier alpha value is -2.75. The van der Waals surface area contributed by atoms with Gasteiger partial charge in [-0.05, 0) is 17.7 Å². The predicted molar refractivity (Wildman–Crippen MR) is 107 cm³/mol. The van der Waals surface area contributed by atoms with Crippen molar-refractivity contribution in [3.8, 4) is 0 Å². The van der Waals surface area contributed by atoms with Gasteiger partial charge in [0, 0.05) is 18.0 Å². The van der Waals surface area contributed by atoms with Gasteiger partial charge >= 0.3 is 0 Å². The Morgan fingerprint density at radius 1 is 1.14 bits per heavy atom. The van der Waals surface area contributed by atoms with Crippen molar-refractivity contribution in [3.63, 3.8) is 0 Å². The van der Waals surface area contributed by atoms with Crippen LogP contribution in [0.1, 0.15) is 18.1 Å². The number of anilines is 1. The number of imidazole rings is 1. The number of hydrogen-bond donors (Lipinski definition) is 1. The topological polar surface area (TPSA) is 114 Å². The highest BCUT2D eigenvalue weighted by molar-refractivity contribution is 6.30. The minimum Gasteiger partial charge on any atom is -0.460 e. The number of rotatable bonds is 12. The molecule has 0 aliphatic heterocycles. The normalized spacial score (nSPS) is 12.2. The molecule has 9 nitrogen and oxygen atoms in total. The average Bonchev–Trinajstić information content (AvgIpc) is 3.13. The SMILES string of the molecule is Nc1ncnc2c1ncn2CCOCCOCC[C@H](OC=O)c1cccc(Cl)c1. The highest BCUT2D eigenvalue weighted by Gasteiger charge is 2.13. The second kappa shape index (κ2) is 10.7. The Balaban J connectivity index is 1.33. The van der Waals surface area contributed by atoms with E-state index in [1.54, 1.807) is 18.5 Å². The fourth-order valence-corrected chi connectivity index (χ4v) is 3.02. The summed E-state index contributed by atoms with van der Waals surface area (Å²) in [5, 5.41) is 0.594. The number of carbonyl (C=O) groups is 1. The number of ether oxygens (including phenoxy) is 3. The summed E-state index contributed by atoms with van der Waals surface area (Å²) in [6.07, 6.45) is 3.21. The van der Waals surface area contributed by atoms with Gasteiger partial charge in [0.1, 0.15) is 17.9 Å². The fourth-order valence-electron chi connectivity index (χ4n) is 2.82. The Bertz CT molecular complexity index is 936. The summed E-state index contributed by atoms with van der Waals surface area (Å²) in [4.78, 5) is 23.1. The van der Waals surface area contributed by atoms with Gasteiger partial charge in [0.15, 0.2) is 11.5 Å². The van der Waals surface area contributed by atoms with Crippen LogP contribution in [0.4, 0.5) is 5.82 Å². The van der Waals surface area contributed by atoms with E-state index in [2.05, 4.69) is 15.0 Å². The van der Waals surface area contributed by atoms with Gasteiger partial charge in [-0.3, -0.25) is 4.79 Å². The van der Waals surface area contributed by atoms with Gasteiger partial charge in [-0.15, -0.1) is 0 Å². The zero-order chi connectivity index (χ0) is 20.5. The van der Waals surface area contributed by atoms with Crippen molar-refractivity contribution < 1.29 is 19.0 Å². The summed E-state index contributed by atoms with van der Waals surface area (Å²) in [7, 11) is 0. The molecule has 2 aromatic heterocycles. The molecule has 1 atom stereocenters. The molecule has 29 heavy (non-hydrogen) atoms. The standard InChI is InChI=1S/C19H22ClN5O4/c20-15-3-1-2-14(10-15)16(29-13-26)4-6-27-8-9-28-7-5-25-12-24-17-18(21)22-11-23-19(17)25/h1-3,10-13,16H,4-9H2,(H2,21,22,23)/t16-/m0/s1. The van der Waals surface area contributed by atoms with Crippen molar-refractivity contribution in [2.75, 3.05) is 32.2 Å². The van der Waals surface area contributed by atoms with Crippen molar-refractivity contribution in [3.05, 3.63) is 47.5 Å². The summed E-state index contributed by atoms with van der Waals surface area (Å²) < 4.78 is 18.2. The van der Waals surface area contributed by atoms with E-state index in [1.807, 2.05) is 16.7 Å². The lowest BCUT2D eigenvalue weighted by atomic mass is 10.1. The smallest absolute Gasteiger partial charge is 0.293 e. The van der Waals surface area contributed by atoms with Crippen LogP contribution in [0.5, 0.6) is 0 Å². The summed E-state index contributed by atoms with van der Waals surface area (Å²) >= 11 is 5.99. The second-order valence-corrected chi connectivity index (χ2v) is 6.59. The first-order valence-corrected chi connectivity index (χ1v) is 9.48. The lowest BCUT2D eigenvalue weighted by Gasteiger charge is -2.16. The van der Waals surface area contributed by atoms with Gasteiger partial charge in [0.2, 0.25) is 0 Å². The van der Waals surface area contributed by atoms with E-state index in [1.165, 1.54) is 6.33 Å². The molecular formula is C19H22ClN5O4. The first-order chi connectivity index (χ1) is 14.2. The van der Waals surface area contributed by atoms with Gasteiger partial charge in [0.25, 0.3) is 6.47 Å². The van der Waals surface area contributed by atoms with E-state index in [9.17, 15) is 4.79 Å². The number of fused-ring (bicyclic) bond motifs is 1. The largest absolute Gasteiger partial charge is 0.460 e. The van der Waals surface area contributed by atoms with Crippen molar-refractivity contribution in [2.45, 2.75) is 19.1 Å². The third-order valence-corrected chi connectivity index (χ3v) is 4.48. The third-order valence-electron chi connectivity index (χ3n) is 4.24. The maximum absolute atomic E-state index is 10.7. The Morgan fingerprint density at radius 3 is 2.76 bits per heavy atom. The molecule has 0 fully saturated rings. The van der Waals surface area contributed by atoms with Gasteiger partial charge in [0.05, 0.1) is 32.8 Å². The summed E-state index contributed by atoms with van der Waals surface area (Å²) in [5.74, 6) is 0.359. The number of carbonyl (C=O) groups excluding carboxylic acids is 1. The maximum atomic E-state index is 10.7. The number of halogens is 1. The van der Waals surface area contributed by atoms with Crippen molar-refractivity contribution in [1.82, 2.24) is 19.5 Å². The van der Waals surface area contributed by atoms with Crippen molar-refractivity contribution in [1.29, 1.82) is 0 Å². The first-order valence-electron chi connectivity index (χ1n) is 9.10. The number of nitrogens with zero attached hydrogens (tertiary/aromatic N) is 4. The quantitative estimate of drug-likeness (QED) is 0.351. The zero-order valence-electron chi connectivity index (χ0n) is 15.7. The number of nitrogen functional groups attached to an aromatic ring is 1. The summed E-state index contributed by atoms with van der Waals surface area (Å²) in [5.41, 5.74) is 7.87. The molecule has 10 heteroatoms. The molecule has 1 aromatic carbocycles. The van der Waals surface area contributed by atoms with E-state index in [0.717, 1.165) is 5.56 Å². The van der Waals surface area contributed by atoms with Gasteiger partial charge in [-0.1, -0.05) is 23.7 Å². The Labute approximate surface area is 172 Å². The summed E-state index contributed by atoms with van der Waals surface area (Å²) in [6, 6.07) is 7.22. The molecule has 0 bridgehead atoms. The molecule has 0 spiro atoms. The van der Waals surface area contributed by atoms with Gasteiger partial charge < -0.3 is 24.5 Å². The molecular weight excluding hydrogens is 398 g/mol. The van der Waals surface area contributed by atoms with Crippen molar-refractivity contribution in [2.24, 2.45) is 0 Å². The maximum Gasteiger partial charge on any atom is 0.293 e. The molecule has 2 heterocycles. The number of nitrogens with two attached hydrogens (primary N) is 1. The Kier molecular flexibility index (Phi) is 7.74. The van der Waals surface area contributed by atoms with E-state index in [-0.39, 0.29) is 0 Å². The minimum absolute atomic E-state index is 0.359. The van der Waals surface area contributed by atoms with Crippen LogP contribution in [0.2, 0.25) is 5.02 Å². The van der Waals surface area contributed by atoms with Crippen LogP contribution < -0.4 is 5.73 Å². The highest BCUT2D eigenvalue weighted by atomic mass is 35.5. The van der Waals surface area contributed by atoms with Crippen LogP contribution in [0.25, 0.3) is 11.2 Å². The van der Waals surface area contributed by atoms with Crippen LogP contribution >= 0.6 is 11.6 Å². The molecule has 154 valence electrons. The monoisotopic (exact) mass is 419 g/mol. The zero-order valence-corrected chi connectivity index (χ0v) is 16.5. The molecule has 0 aliphatic rings. The predicted octanol–water partition coefficient (Wildman–Crippen LogP) is 2.40. The van der Waals surface area contributed by atoms with Crippen LogP contribution in [-0.2, 0) is 25.5 Å². The van der Waals surface area contributed by atoms with E-state index in [0.29, 0.717) is 67.9 Å². The molecule has 0 saturated carbocycles. The highest BCUT2D eigenvalue weighted by Crippen LogP contribution is 2.23. The van der Waals surface area contributed by atoms with Crippen LogP contribution in [0, 0.1) is 0 Å². The van der Waals surface area contributed by atoms with E-state index < -0.39 is 6.10 Å². The number of aromatic nitrogens is 4. The number of benzene rings is 1. The van der Waals surface area contributed by atoms with Gasteiger partial charge in [-0.2, -0.15) is 0 Å². The third kappa shape index (κ3) is 5.86. The van der Waals surface area contributed by atoms with E-state index >= 15 is 0 Å². The number of hydrogen-bond acceptors (Lipinski definition) is 8. The van der Waals surface area contributed by atoms with Gasteiger partial charge in [-0.25, -0.2) is 15.0 Å². The minimum atomic E-state index is -0.393. The Morgan fingerprint density at radius 2 is 1.97 bits per heavy atom. The van der Waals surface area contributed by atoms with Crippen LogP contribution in [-0.4, -0.2) is 52.4 Å². The molecule has 3 aromatic rings. The molecule has 0 amide bonds. The lowest BCUT2D eigenvalue weighted by Crippen LogP contribution is -2.12. The summed E-state index contributed by atoms with van der Waals surface area (Å²) in [6.45, 7) is 2.82. The molecule has 0 unspecified atom stereocenters. The average molecular weight is 420 g/mol. The fraction of sp³-hybridized carbons (Fsp3) is 0.368. The molecule has 0 saturated heterocycles. The second-order valence-electron chi connectivity index (χ2n) is 6.16. The molecule has 0 radical (unpaired) electrons. The molecule has 3 rings (SSSR count). The van der Waals surface area contributed by atoms with E-state index in [4.69, 9.17) is 31.5 Å². The van der Waals surface area contributed by atoms with Crippen molar-refractivity contribution >= 4 is 35.1 Å². The van der Waals surface area contributed by atoms with Crippen LogP contribution in [0.15, 0.2) is 36.9 Å².